The highest BCUT2D eigenvalue weighted by atomic mass is 16.1. The summed E-state index contributed by atoms with van der Waals surface area (Å²) in [6, 6.07) is 5.65. The summed E-state index contributed by atoms with van der Waals surface area (Å²) in [6.45, 7) is 1.88. The van der Waals surface area contributed by atoms with E-state index in [1.54, 1.807) is 0 Å². The van der Waals surface area contributed by atoms with Crippen LogP contribution in [0.1, 0.15) is 15.9 Å². The van der Waals surface area contributed by atoms with E-state index >= 15 is 0 Å². The van der Waals surface area contributed by atoms with E-state index in [-0.39, 0.29) is 5.91 Å². The maximum atomic E-state index is 11.0. The van der Waals surface area contributed by atoms with Crippen molar-refractivity contribution in [3.63, 3.8) is 0 Å². The van der Waals surface area contributed by atoms with Crippen molar-refractivity contribution in [1.29, 1.82) is 0 Å². The van der Waals surface area contributed by atoms with Crippen LogP contribution in [0.4, 0.5) is 0 Å². The Morgan fingerprint density at radius 1 is 1.46 bits per heavy atom. The fourth-order valence-electron chi connectivity index (χ4n) is 1.47. The van der Waals surface area contributed by atoms with Crippen molar-refractivity contribution in [2.45, 2.75) is 6.92 Å². The number of H-pyrrole nitrogens is 1. The third-order valence-corrected chi connectivity index (χ3v) is 2.16. The van der Waals surface area contributed by atoms with Gasteiger partial charge in [-0.25, -0.2) is 0 Å². The van der Waals surface area contributed by atoms with E-state index in [0.717, 1.165) is 16.5 Å². The molecule has 3 nitrogen and oxygen atoms in total. The minimum atomic E-state index is -0.374. The molecule has 0 saturated heterocycles. The monoisotopic (exact) mass is 174 g/mol. The maximum Gasteiger partial charge on any atom is 0.248 e. The number of aromatic nitrogens is 1. The molecular formula is C10H10N2O. The van der Waals surface area contributed by atoms with Crippen molar-refractivity contribution < 1.29 is 4.79 Å². The Balaban J connectivity index is 2.76. The molecule has 0 atom stereocenters. The fourth-order valence-corrected chi connectivity index (χ4v) is 1.47. The zero-order chi connectivity index (χ0) is 9.42. The number of carbonyl (C=O) groups excluding carboxylic acids is 1. The molecule has 0 aliphatic rings. The number of aromatic amines is 1. The third-order valence-electron chi connectivity index (χ3n) is 2.16. The Hall–Kier alpha value is -1.77. The Bertz CT molecular complexity index is 471. The first-order valence-electron chi connectivity index (χ1n) is 4.06. The smallest absolute Gasteiger partial charge is 0.248 e. The van der Waals surface area contributed by atoms with Crippen molar-refractivity contribution >= 4 is 16.8 Å². The molecule has 1 amide bonds. The zero-order valence-corrected chi connectivity index (χ0v) is 7.29. The van der Waals surface area contributed by atoms with Crippen LogP contribution in [0.25, 0.3) is 10.9 Å². The molecule has 13 heavy (non-hydrogen) atoms. The van der Waals surface area contributed by atoms with Gasteiger partial charge in [-0.1, -0.05) is 0 Å². The highest BCUT2D eigenvalue weighted by molar-refractivity contribution is 5.98. The second-order valence-electron chi connectivity index (χ2n) is 3.10. The topological polar surface area (TPSA) is 58.9 Å². The molecule has 0 fully saturated rings. The van der Waals surface area contributed by atoms with Crippen LogP contribution in [-0.4, -0.2) is 10.9 Å². The maximum absolute atomic E-state index is 11.0. The van der Waals surface area contributed by atoms with Crippen molar-refractivity contribution in [3.05, 3.63) is 35.5 Å². The van der Waals surface area contributed by atoms with Crippen LogP contribution in [0.15, 0.2) is 24.4 Å². The molecule has 3 heteroatoms. The van der Waals surface area contributed by atoms with Crippen molar-refractivity contribution in [3.8, 4) is 0 Å². The summed E-state index contributed by atoms with van der Waals surface area (Å²) >= 11 is 0. The van der Waals surface area contributed by atoms with Gasteiger partial charge >= 0.3 is 0 Å². The summed E-state index contributed by atoms with van der Waals surface area (Å²) in [6.07, 6.45) is 1.84. The van der Waals surface area contributed by atoms with Gasteiger partial charge in [-0.2, -0.15) is 0 Å². The summed E-state index contributed by atoms with van der Waals surface area (Å²) in [5.74, 6) is -0.374. The van der Waals surface area contributed by atoms with Crippen LogP contribution in [0.2, 0.25) is 0 Å². The van der Waals surface area contributed by atoms with Crippen LogP contribution >= 0.6 is 0 Å². The lowest BCUT2D eigenvalue weighted by molar-refractivity contribution is 0.1000. The largest absolute Gasteiger partial charge is 0.366 e. The molecule has 0 radical (unpaired) electrons. The van der Waals surface area contributed by atoms with Gasteiger partial charge in [-0.3, -0.25) is 4.79 Å². The van der Waals surface area contributed by atoms with Gasteiger partial charge in [0.15, 0.2) is 0 Å². The third kappa shape index (κ3) is 1.18. The molecule has 0 aliphatic carbocycles. The number of hydrogen-bond donors (Lipinski definition) is 2. The van der Waals surface area contributed by atoms with Gasteiger partial charge in [0.05, 0.1) is 0 Å². The molecule has 1 heterocycles. The molecule has 1 aromatic carbocycles. The number of fused-ring (bicyclic) bond motifs is 1. The number of hydrogen-bond acceptors (Lipinski definition) is 1. The lowest BCUT2D eigenvalue weighted by atomic mass is 10.1. The Morgan fingerprint density at radius 2 is 2.23 bits per heavy atom. The standard InChI is InChI=1S/C10H10N2O/c1-6-4-9-7(2-3-12-9)5-8(6)10(11)13/h2-5,12H,1H3,(H2,11,13). The lowest BCUT2D eigenvalue weighted by Gasteiger charge is -2.00. The molecule has 0 aliphatic heterocycles. The summed E-state index contributed by atoms with van der Waals surface area (Å²) in [5, 5.41) is 1.01. The fraction of sp³-hybridized carbons (Fsp3) is 0.100. The molecule has 1 aromatic heterocycles. The predicted octanol–water partition coefficient (Wildman–Crippen LogP) is 1.58. The summed E-state index contributed by atoms with van der Waals surface area (Å²) in [4.78, 5) is 14.1. The number of amides is 1. The molecule has 3 N–H and O–H groups in total. The lowest BCUT2D eigenvalue weighted by Crippen LogP contribution is -2.12. The van der Waals surface area contributed by atoms with E-state index < -0.39 is 0 Å². The van der Waals surface area contributed by atoms with E-state index in [9.17, 15) is 4.79 Å². The Labute approximate surface area is 75.6 Å². The van der Waals surface area contributed by atoms with E-state index in [0.29, 0.717) is 5.56 Å². The van der Waals surface area contributed by atoms with Gasteiger partial charge in [0.2, 0.25) is 5.91 Å². The van der Waals surface area contributed by atoms with Crippen LogP contribution in [0.3, 0.4) is 0 Å². The molecule has 0 bridgehead atoms. The van der Waals surface area contributed by atoms with E-state index in [1.807, 2.05) is 31.3 Å². The molecule has 0 spiro atoms. The van der Waals surface area contributed by atoms with Crippen molar-refractivity contribution in [1.82, 2.24) is 4.98 Å². The Kier molecular flexibility index (Phi) is 1.59. The van der Waals surface area contributed by atoms with Crippen LogP contribution in [0.5, 0.6) is 0 Å². The van der Waals surface area contributed by atoms with E-state index in [1.165, 1.54) is 0 Å². The molecule has 66 valence electrons. The number of aryl methyl sites for hydroxylation is 1. The highest BCUT2D eigenvalue weighted by Gasteiger charge is 2.06. The van der Waals surface area contributed by atoms with Gasteiger partial charge in [0, 0.05) is 22.7 Å². The number of primary amides is 1. The molecule has 0 saturated carbocycles. The predicted molar refractivity (Wildman–Crippen MR) is 51.6 cm³/mol. The van der Waals surface area contributed by atoms with Gasteiger partial charge in [-0.15, -0.1) is 0 Å². The minimum Gasteiger partial charge on any atom is -0.366 e. The number of nitrogens with two attached hydrogens (primary N) is 1. The summed E-state index contributed by atoms with van der Waals surface area (Å²) < 4.78 is 0. The molecular weight excluding hydrogens is 164 g/mol. The first kappa shape index (κ1) is 7.86. The number of benzene rings is 1. The van der Waals surface area contributed by atoms with E-state index in [4.69, 9.17) is 5.73 Å². The molecule has 2 rings (SSSR count). The number of rotatable bonds is 1. The van der Waals surface area contributed by atoms with Crippen LogP contribution in [0, 0.1) is 6.92 Å². The zero-order valence-electron chi connectivity index (χ0n) is 7.29. The number of nitrogens with one attached hydrogen (secondary N) is 1. The van der Waals surface area contributed by atoms with Gasteiger partial charge in [0.25, 0.3) is 0 Å². The normalized spacial score (nSPS) is 10.5. The van der Waals surface area contributed by atoms with Crippen LogP contribution < -0.4 is 5.73 Å². The second kappa shape index (κ2) is 2.62. The molecule has 2 aromatic rings. The van der Waals surface area contributed by atoms with E-state index in [2.05, 4.69) is 4.98 Å². The first-order chi connectivity index (χ1) is 6.18. The average Bonchev–Trinajstić information content (AvgIpc) is 2.48. The first-order valence-corrected chi connectivity index (χ1v) is 4.06. The average molecular weight is 174 g/mol. The Morgan fingerprint density at radius 3 is 2.92 bits per heavy atom. The highest BCUT2D eigenvalue weighted by Crippen LogP contribution is 2.17. The second-order valence-corrected chi connectivity index (χ2v) is 3.10. The van der Waals surface area contributed by atoms with Gasteiger partial charge in [-0.05, 0) is 30.7 Å². The minimum absolute atomic E-state index is 0.374. The summed E-state index contributed by atoms with van der Waals surface area (Å²) in [7, 11) is 0. The summed E-state index contributed by atoms with van der Waals surface area (Å²) in [5.41, 5.74) is 7.75. The van der Waals surface area contributed by atoms with Gasteiger partial charge in [0.1, 0.15) is 0 Å². The van der Waals surface area contributed by atoms with Gasteiger partial charge < -0.3 is 10.7 Å². The van der Waals surface area contributed by atoms with Crippen molar-refractivity contribution in [2.75, 3.05) is 0 Å². The molecule has 0 unspecified atom stereocenters. The SMILES string of the molecule is Cc1cc2[nH]ccc2cc1C(N)=O. The quantitative estimate of drug-likeness (QED) is 0.677. The van der Waals surface area contributed by atoms with Crippen molar-refractivity contribution in [2.24, 2.45) is 5.73 Å². The van der Waals surface area contributed by atoms with Crippen LogP contribution in [-0.2, 0) is 0 Å². The number of carbonyl (C=O) groups is 1.